The molecule has 0 fully saturated rings. The van der Waals surface area contributed by atoms with Crippen molar-refractivity contribution in [1.82, 2.24) is 0 Å². The molecule has 0 amide bonds. The molecule has 0 saturated carbocycles. The molecule has 3 N–H and O–H groups in total. The van der Waals surface area contributed by atoms with Gasteiger partial charge in [0.2, 0.25) is 0 Å². The van der Waals surface area contributed by atoms with Gasteiger partial charge in [-0.25, -0.2) is 8.78 Å². The SMILES string of the molecule is COc1cc(-c2cc(F)c(NCC=C(C)C)cc2F)c(OC)c(O)c1-c1ccc(OCC=C(C)C)c(O)c1. The molecule has 0 saturated heterocycles. The minimum atomic E-state index is -0.714. The summed E-state index contributed by atoms with van der Waals surface area (Å²) >= 11 is 0. The second-order valence-corrected chi connectivity index (χ2v) is 9.13. The maximum Gasteiger partial charge on any atom is 0.170 e. The number of nitrogens with one attached hydrogen (secondary N) is 1. The largest absolute Gasteiger partial charge is 0.504 e. The topological polar surface area (TPSA) is 80.2 Å². The first-order valence-electron chi connectivity index (χ1n) is 12.0. The predicted octanol–water partition coefficient (Wildman–Crippen LogP) is 7.45. The van der Waals surface area contributed by atoms with Gasteiger partial charge in [0.1, 0.15) is 24.0 Å². The van der Waals surface area contributed by atoms with Crippen molar-refractivity contribution >= 4 is 5.69 Å². The van der Waals surface area contributed by atoms with Crippen LogP contribution >= 0.6 is 0 Å². The van der Waals surface area contributed by atoms with Gasteiger partial charge in [0.25, 0.3) is 0 Å². The van der Waals surface area contributed by atoms with E-state index in [1.54, 1.807) is 12.1 Å². The molecule has 8 heteroatoms. The molecule has 38 heavy (non-hydrogen) atoms. The van der Waals surface area contributed by atoms with Crippen LogP contribution in [0, 0.1) is 11.6 Å². The lowest BCUT2D eigenvalue weighted by atomic mass is 9.95. The summed E-state index contributed by atoms with van der Waals surface area (Å²) in [6.45, 7) is 8.33. The Labute approximate surface area is 221 Å². The Morgan fingerprint density at radius 1 is 0.842 bits per heavy atom. The van der Waals surface area contributed by atoms with Crippen molar-refractivity contribution in [3.05, 3.63) is 71.3 Å². The summed E-state index contributed by atoms with van der Waals surface area (Å²) in [7, 11) is 2.70. The quantitative estimate of drug-likeness (QED) is 0.239. The van der Waals surface area contributed by atoms with E-state index in [1.165, 1.54) is 26.4 Å². The number of phenolic OH excluding ortho intramolecular Hbond substituents is 2. The van der Waals surface area contributed by atoms with Gasteiger partial charge in [-0.05, 0) is 63.6 Å². The summed E-state index contributed by atoms with van der Waals surface area (Å²) in [5.41, 5.74) is 2.73. The van der Waals surface area contributed by atoms with Crippen LogP contribution in [0.25, 0.3) is 22.3 Å². The molecular formula is C30H33F2NO5. The number of ether oxygens (including phenoxy) is 3. The van der Waals surface area contributed by atoms with Crippen LogP contribution in [0.5, 0.6) is 28.7 Å². The molecule has 0 heterocycles. The average molecular weight is 526 g/mol. The molecule has 0 aliphatic rings. The number of hydrogen-bond acceptors (Lipinski definition) is 6. The lowest BCUT2D eigenvalue weighted by Gasteiger charge is -2.19. The Morgan fingerprint density at radius 2 is 1.55 bits per heavy atom. The number of phenols is 2. The van der Waals surface area contributed by atoms with Gasteiger partial charge in [0.15, 0.2) is 23.0 Å². The molecular weight excluding hydrogens is 492 g/mol. The molecule has 3 aromatic carbocycles. The zero-order valence-electron chi connectivity index (χ0n) is 22.4. The number of anilines is 1. The Kier molecular flexibility index (Phi) is 9.23. The monoisotopic (exact) mass is 525 g/mol. The minimum Gasteiger partial charge on any atom is -0.504 e. The van der Waals surface area contributed by atoms with Gasteiger partial charge in [-0.3, -0.25) is 0 Å². The van der Waals surface area contributed by atoms with Crippen molar-refractivity contribution < 1.29 is 33.2 Å². The normalized spacial score (nSPS) is 10.5. The first-order chi connectivity index (χ1) is 18.1. The summed E-state index contributed by atoms with van der Waals surface area (Å²) in [6, 6.07) is 8.19. The van der Waals surface area contributed by atoms with E-state index in [0.29, 0.717) is 12.1 Å². The molecule has 0 radical (unpaired) electrons. The zero-order valence-corrected chi connectivity index (χ0v) is 22.4. The second kappa shape index (κ2) is 12.4. The third-order valence-corrected chi connectivity index (χ3v) is 5.77. The van der Waals surface area contributed by atoms with Crippen LogP contribution in [0.4, 0.5) is 14.5 Å². The van der Waals surface area contributed by atoms with Crippen molar-refractivity contribution in [3.8, 4) is 51.0 Å². The lowest BCUT2D eigenvalue weighted by molar-refractivity contribution is 0.335. The number of rotatable bonds is 10. The predicted molar refractivity (Wildman–Crippen MR) is 147 cm³/mol. The van der Waals surface area contributed by atoms with Crippen molar-refractivity contribution in [2.45, 2.75) is 27.7 Å². The fourth-order valence-electron chi connectivity index (χ4n) is 3.82. The van der Waals surface area contributed by atoms with E-state index in [1.807, 2.05) is 39.8 Å². The van der Waals surface area contributed by atoms with E-state index in [2.05, 4.69) is 5.32 Å². The number of benzene rings is 3. The molecule has 0 bridgehead atoms. The molecule has 0 spiro atoms. The van der Waals surface area contributed by atoms with E-state index in [4.69, 9.17) is 14.2 Å². The van der Waals surface area contributed by atoms with Crippen LogP contribution < -0.4 is 19.5 Å². The van der Waals surface area contributed by atoms with E-state index < -0.39 is 11.6 Å². The zero-order chi connectivity index (χ0) is 28.0. The molecule has 6 nitrogen and oxygen atoms in total. The number of halogens is 2. The van der Waals surface area contributed by atoms with E-state index >= 15 is 4.39 Å². The first-order valence-corrected chi connectivity index (χ1v) is 12.0. The summed E-state index contributed by atoms with van der Waals surface area (Å²) in [4.78, 5) is 0. The fourth-order valence-corrected chi connectivity index (χ4v) is 3.82. The highest BCUT2D eigenvalue weighted by molar-refractivity contribution is 5.88. The molecule has 3 aromatic rings. The minimum absolute atomic E-state index is 0.0119. The Bertz CT molecular complexity index is 1370. The molecule has 202 valence electrons. The molecule has 0 aliphatic heterocycles. The molecule has 3 rings (SSSR count). The molecule has 0 aromatic heterocycles. The first kappa shape index (κ1) is 28.4. The van der Waals surface area contributed by atoms with Crippen LogP contribution in [-0.2, 0) is 0 Å². The summed E-state index contributed by atoms with van der Waals surface area (Å²) in [6.07, 6.45) is 3.73. The van der Waals surface area contributed by atoms with Gasteiger partial charge in [0, 0.05) is 23.7 Å². The second-order valence-electron chi connectivity index (χ2n) is 9.13. The van der Waals surface area contributed by atoms with E-state index in [0.717, 1.165) is 23.3 Å². The fraction of sp³-hybridized carbons (Fsp3) is 0.267. The molecule has 0 aliphatic carbocycles. The number of methoxy groups -OCH3 is 2. The molecule has 0 unspecified atom stereocenters. The average Bonchev–Trinajstić information content (AvgIpc) is 2.85. The maximum absolute atomic E-state index is 15.2. The number of allylic oxidation sites excluding steroid dienone is 2. The van der Waals surface area contributed by atoms with Crippen LogP contribution in [0.15, 0.2) is 59.7 Å². The van der Waals surface area contributed by atoms with Crippen LogP contribution in [0.2, 0.25) is 0 Å². The molecule has 0 atom stereocenters. The lowest BCUT2D eigenvalue weighted by Crippen LogP contribution is -2.03. The Balaban J connectivity index is 2.07. The highest BCUT2D eigenvalue weighted by Gasteiger charge is 2.25. The van der Waals surface area contributed by atoms with Gasteiger partial charge >= 0.3 is 0 Å². The van der Waals surface area contributed by atoms with Crippen molar-refractivity contribution in [3.63, 3.8) is 0 Å². The third kappa shape index (κ3) is 6.37. The van der Waals surface area contributed by atoms with Gasteiger partial charge in [-0.2, -0.15) is 0 Å². The van der Waals surface area contributed by atoms with Crippen molar-refractivity contribution in [1.29, 1.82) is 0 Å². The van der Waals surface area contributed by atoms with E-state index in [-0.39, 0.29) is 57.7 Å². The highest BCUT2D eigenvalue weighted by atomic mass is 19.1. The van der Waals surface area contributed by atoms with Gasteiger partial charge in [0.05, 0.1) is 25.5 Å². The van der Waals surface area contributed by atoms with Crippen LogP contribution in [0.3, 0.4) is 0 Å². The number of hydrogen-bond donors (Lipinski definition) is 3. The number of aromatic hydroxyl groups is 2. The smallest absolute Gasteiger partial charge is 0.170 e. The Morgan fingerprint density at radius 3 is 2.16 bits per heavy atom. The van der Waals surface area contributed by atoms with Crippen molar-refractivity contribution in [2.75, 3.05) is 32.7 Å². The van der Waals surface area contributed by atoms with Crippen molar-refractivity contribution in [2.24, 2.45) is 0 Å². The third-order valence-electron chi connectivity index (χ3n) is 5.77. The van der Waals surface area contributed by atoms with Crippen LogP contribution in [-0.4, -0.2) is 37.6 Å². The summed E-state index contributed by atoms with van der Waals surface area (Å²) in [5, 5.41) is 24.5. The highest BCUT2D eigenvalue weighted by Crippen LogP contribution is 2.51. The summed E-state index contributed by atoms with van der Waals surface area (Å²) < 4.78 is 46.6. The Hall–Kier alpha value is -4.20. The van der Waals surface area contributed by atoms with Crippen LogP contribution in [0.1, 0.15) is 27.7 Å². The standard InChI is InChI=1S/C30H33F2NO5/c1-17(2)9-11-33-24-16-22(31)20(14-23(24)32)21-15-27(36-5)28(29(35)30(21)37-6)19-7-8-26(25(34)13-19)38-12-10-18(3)4/h7-10,13-16,33-35H,11-12H2,1-6H3. The summed E-state index contributed by atoms with van der Waals surface area (Å²) in [5.74, 6) is -1.52. The van der Waals surface area contributed by atoms with Gasteiger partial charge < -0.3 is 29.7 Å². The van der Waals surface area contributed by atoms with Gasteiger partial charge in [-0.15, -0.1) is 0 Å². The van der Waals surface area contributed by atoms with E-state index in [9.17, 15) is 14.6 Å². The maximum atomic E-state index is 15.2. The van der Waals surface area contributed by atoms with Gasteiger partial charge in [-0.1, -0.05) is 23.3 Å².